The molecule has 0 aromatic heterocycles. The van der Waals surface area contributed by atoms with Crippen LogP contribution in [-0.2, 0) is 14.2 Å². The van der Waals surface area contributed by atoms with Gasteiger partial charge in [-0.15, -0.1) is 0 Å². The molecule has 3 atom stereocenters. The van der Waals surface area contributed by atoms with Crippen LogP contribution in [0.2, 0.25) is 0 Å². The first-order chi connectivity index (χ1) is 7.93. The molecule has 0 saturated carbocycles. The topological polar surface area (TPSA) is 27.7 Å². The zero-order valence-corrected chi connectivity index (χ0v) is 9.17. The lowest BCUT2D eigenvalue weighted by atomic mass is 10.0. The van der Waals surface area contributed by atoms with E-state index in [1.807, 2.05) is 30.3 Å². The van der Waals surface area contributed by atoms with Gasteiger partial charge in [-0.3, -0.25) is 0 Å². The highest BCUT2D eigenvalue weighted by atomic mass is 16.7. The van der Waals surface area contributed by atoms with Crippen LogP contribution in [-0.4, -0.2) is 25.4 Å². The third kappa shape index (κ3) is 1.98. The van der Waals surface area contributed by atoms with Gasteiger partial charge in [-0.1, -0.05) is 30.3 Å². The molecular weight excluding hydrogens is 204 g/mol. The maximum Gasteiger partial charge on any atom is 0.184 e. The van der Waals surface area contributed by atoms with Crippen LogP contribution in [0.15, 0.2) is 30.3 Å². The molecule has 3 rings (SSSR count). The summed E-state index contributed by atoms with van der Waals surface area (Å²) in [5, 5.41) is 0. The molecule has 2 saturated heterocycles. The fraction of sp³-hybridized carbons (Fsp3) is 0.538. The van der Waals surface area contributed by atoms with Gasteiger partial charge in [0.05, 0.1) is 12.7 Å². The first-order valence-electron chi connectivity index (χ1n) is 5.87. The van der Waals surface area contributed by atoms with E-state index in [-0.39, 0.29) is 18.5 Å². The first kappa shape index (κ1) is 10.3. The van der Waals surface area contributed by atoms with Gasteiger partial charge in [0.1, 0.15) is 6.10 Å². The molecule has 2 unspecified atom stereocenters. The van der Waals surface area contributed by atoms with Crippen molar-refractivity contribution in [2.75, 3.05) is 13.2 Å². The SMILES string of the molecule is c1ccc(C2OCC3OCCC[C@@H]3O2)cc1. The molecule has 0 radical (unpaired) electrons. The molecule has 0 aliphatic carbocycles. The Morgan fingerprint density at radius 1 is 1.00 bits per heavy atom. The van der Waals surface area contributed by atoms with Crippen molar-refractivity contribution >= 4 is 0 Å². The van der Waals surface area contributed by atoms with Gasteiger partial charge < -0.3 is 14.2 Å². The predicted molar refractivity (Wildman–Crippen MR) is 59.0 cm³/mol. The van der Waals surface area contributed by atoms with Crippen molar-refractivity contribution in [2.45, 2.75) is 31.3 Å². The average molecular weight is 220 g/mol. The van der Waals surface area contributed by atoms with Crippen molar-refractivity contribution in [1.29, 1.82) is 0 Å². The van der Waals surface area contributed by atoms with Crippen LogP contribution in [0, 0.1) is 0 Å². The van der Waals surface area contributed by atoms with Gasteiger partial charge in [0.25, 0.3) is 0 Å². The number of fused-ring (bicyclic) bond motifs is 1. The molecular formula is C13H16O3. The van der Waals surface area contributed by atoms with Gasteiger partial charge in [0, 0.05) is 12.2 Å². The van der Waals surface area contributed by atoms with E-state index in [1.54, 1.807) is 0 Å². The second kappa shape index (κ2) is 4.53. The standard InChI is InChI=1S/C13H16O3/c1-2-5-10(6-3-1)13-15-9-12-11(16-13)7-4-8-14-12/h1-3,5-6,11-13H,4,7-9H2/t11-,12?,13?/m0/s1. The van der Waals surface area contributed by atoms with Crippen molar-refractivity contribution in [3.05, 3.63) is 35.9 Å². The molecule has 1 aromatic carbocycles. The Kier molecular flexibility index (Phi) is 2.91. The third-order valence-corrected chi connectivity index (χ3v) is 3.16. The van der Waals surface area contributed by atoms with Crippen LogP contribution in [0.25, 0.3) is 0 Å². The minimum atomic E-state index is -0.218. The zero-order valence-electron chi connectivity index (χ0n) is 9.17. The highest BCUT2D eigenvalue weighted by Crippen LogP contribution is 2.31. The van der Waals surface area contributed by atoms with Crippen molar-refractivity contribution in [3.63, 3.8) is 0 Å². The third-order valence-electron chi connectivity index (χ3n) is 3.16. The van der Waals surface area contributed by atoms with E-state index in [0.29, 0.717) is 6.61 Å². The zero-order chi connectivity index (χ0) is 10.8. The Morgan fingerprint density at radius 2 is 1.88 bits per heavy atom. The van der Waals surface area contributed by atoms with Gasteiger partial charge in [-0.25, -0.2) is 0 Å². The average Bonchev–Trinajstić information content (AvgIpc) is 2.39. The molecule has 0 amide bonds. The molecule has 2 aliphatic rings. The molecule has 0 spiro atoms. The summed E-state index contributed by atoms with van der Waals surface area (Å²) >= 11 is 0. The van der Waals surface area contributed by atoms with Gasteiger partial charge in [0.15, 0.2) is 6.29 Å². The fourth-order valence-electron chi connectivity index (χ4n) is 2.29. The van der Waals surface area contributed by atoms with E-state index in [0.717, 1.165) is 25.0 Å². The fourth-order valence-corrected chi connectivity index (χ4v) is 2.29. The summed E-state index contributed by atoms with van der Waals surface area (Å²) in [6.45, 7) is 1.48. The molecule has 3 nitrogen and oxygen atoms in total. The van der Waals surface area contributed by atoms with E-state index >= 15 is 0 Å². The molecule has 2 heterocycles. The maximum atomic E-state index is 5.93. The number of hydrogen-bond acceptors (Lipinski definition) is 3. The van der Waals surface area contributed by atoms with E-state index < -0.39 is 0 Å². The minimum Gasteiger partial charge on any atom is -0.373 e. The normalized spacial score (nSPS) is 34.4. The summed E-state index contributed by atoms with van der Waals surface area (Å²) in [6.07, 6.45) is 2.28. The molecule has 16 heavy (non-hydrogen) atoms. The Labute approximate surface area is 95.3 Å². The lowest BCUT2D eigenvalue weighted by Crippen LogP contribution is -2.44. The predicted octanol–water partition coefficient (Wildman–Crippen LogP) is 2.28. The second-order valence-corrected chi connectivity index (χ2v) is 4.30. The minimum absolute atomic E-state index is 0.133. The Morgan fingerprint density at radius 3 is 2.75 bits per heavy atom. The van der Waals surface area contributed by atoms with Gasteiger partial charge in [0.2, 0.25) is 0 Å². The van der Waals surface area contributed by atoms with Crippen LogP contribution in [0.1, 0.15) is 24.7 Å². The van der Waals surface area contributed by atoms with Gasteiger partial charge in [-0.05, 0) is 12.8 Å². The van der Waals surface area contributed by atoms with Crippen molar-refractivity contribution < 1.29 is 14.2 Å². The number of benzene rings is 1. The molecule has 2 aliphatic heterocycles. The van der Waals surface area contributed by atoms with E-state index in [9.17, 15) is 0 Å². The summed E-state index contributed by atoms with van der Waals surface area (Å²) in [5.74, 6) is 0. The Hall–Kier alpha value is -0.900. The number of hydrogen-bond donors (Lipinski definition) is 0. The van der Waals surface area contributed by atoms with Gasteiger partial charge >= 0.3 is 0 Å². The van der Waals surface area contributed by atoms with Crippen LogP contribution in [0.5, 0.6) is 0 Å². The van der Waals surface area contributed by atoms with Crippen molar-refractivity contribution in [1.82, 2.24) is 0 Å². The summed E-state index contributed by atoms with van der Waals surface area (Å²) in [5.41, 5.74) is 1.09. The van der Waals surface area contributed by atoms with Gasteiger partial charge in [-0.2, -0.15) is 0 Å². The lowest BCUT2D eigenvalue weighted by Gasteiger charge is -2.39. The van der Waals surface area contributed by atoms with Crippen LogP contribution >= 0.6 is 0 Å². The number of rotatable bonds is 1. The molecule has 3 heteroatoms. The molecule has 2 fully saturated rings. The highest BCUT2D eigenvalue weighted by molar-refractivity contribution is 5.16. The quantitative estimate of drug-likeness (QED) is 0.726. The molecule has 86 valence electrons. The first-order valence-corrected chi connectivity index (χ1v) is 5.87. The van der Waals surface area contributed by atoms with Crippen molar-refractivity contribution in [2.24, 2.45) is 0 Å². The molecule has 0 bridgehead atoms. The largest absolute Gasteiger partial charge is 0.373 e. The smallest absolute Gasteiger partial charge is 0.184 e. The van der Waals surface area contributed by atoms with Crippen LogP contribution in [0.4, 0.5) is 0 Å². The van der Waals surface area contributed by atoms with Crippen LogP contribution in [0.3, 0.4) is 0 Å². The molecule has 0 N–H and O–H groups in total. The van der Waals surface area contributed by atoms with E-state index in [2.05, 4.69) is 0 Å². The maximum absolute atomic E-state index is 5.93. The van der Waals surface area contributed by atoms with Crippen LogP contribution < -0.4 is 0 Å². The van der Waals surface area contributed by atoms with Crippen molar-refractivity contribution in [3.8, 4) is 0 Å². The molecule has 1 aromatic rings. The Bertz CT molecular complexity index is 338. The monoisotopic (exact) mass is 220 g/mol. The number of ether oxygens (including phenoxy) is 3. The lowest BCUT2D eigenvalue weighted by molar-refractivity contribution is -0.277. The second-order valence-electron chi connectivity index (χ2n) is 4.30. The summed E-state index contributed by atoms with van der Waals surface area (Å²) in [6, 6.07) is 10.1. The summed E-state index contributed by atoms with van der Waals surface area (Å²) < 4.78 is 17.2. The summed E-state index contributed by atoms with van der Waals surface area (Å²) in [7, 11) is 0. The van der Waals surface area contributed by atoms with E-state index in [1.165, 1.54) is 0 Å². The highest BCUT2D eigenvalue weighted by Gasteiger charge is 2.35. The summed E-state index contributed by atoms with van der Waals surface area (Å²) in [4.78, 5) is 0. The Balaban J connectivity index is 1.71. The van der Waals surface area contributed by atoms with E-state index in [4.69, 9.17) is 14.2 Å².